The molecule has 1 fully saturated rings. The van der Waals surface area contributed by atoms with E-state index in [4.69, 9.17) is 5.73 Å². The molecule has 20 heavy (non-hydrogen) atoms. The molecule has 5 heteroatoms. The number of nitrogen functional groups attached to an aromatic ring is 1. The number of amides is 1. The first-order valence-corrected chi connectivity index (χ1v) is 7.72. The van der Waals surface area contributed by atoms with Gasteiger partial charge in [0.05, 0.1) is 11.4 Å². The highest BCUT2D eigenvalue weighted by molar-refractivity contribution is 5.97. The number of hydrogen-bond donors (Lipinski definition) is 3. The van der Waals surface area contributed by atoms with Gasteiger partial charge in [-0.05, 0) is 31.1 Å². The van der Waals surface area contributed by atoms with Crippen molar-refractivity contribution in [1.29, 1.82) is 0 Å². The summed E-state index contributed by atoms with van der Waals surface area (Å²) in [6.07, 6.45) is 6.81. The highest BCUT2D eigenvalue weighted by Crippen LogP contribution is 2.28. The summed E-state index contributed by atoms with van der Waals surface area (Å²) in [5.41, 5.74) is 7.68. The number of carbonyl (C=O) groups excluding carboxylic acids is 1. The van der Waals surface area contributed by atoms with Crippen LogP contribution in [-0.4, -0.2) is 22.6 Å². The molecule has 0 saturated heterocycles. The molecule has 1 aliphatic rings. The van der Waals surface area contributed by atoms with Gasteiger partial charge in [0.25, 0.3) is 5.91 Å². The molecule has 2 rings (SSSR count). The molecule has 2 unspecified atom stereocenters. The molecule has 1 amide bonds. The number of nitrogens with zero attached hydrogens (tertiary/aromatic N) is 1. The Balaban J connectivity index is 1.88. The van der Waals surface area contributed by atoms with Gasteiger partial charge in [0, 0.05) is 6.54 Å². The summed E-state index contributed by atoms with van der Waals surface area (Å²) in [4.78, 5) is 12.1. The van der Waals surface area contributed by atoms with Crippen LogP contribution in [0, 0.1) is 11.8 Å². The fraction of sp³-hybridized carbons (Fsp3) is 0.733. The Bertz CT molecular complexity index is 455. The van der Waals surface area contributed by atoms with E-state index in [0.29, 0.717) is 17.3 Å². The van der Waals surface area contributed by atoms with E-state index in [1.54, 1.807) is 0 Å². The molecule has 1 saturated carbocycles. The molecular weight excluding hydrogens is 252 g/mol. The molecule has 0 spiro atoms. The molecule has 1 aromatic rings. The predicted molar refractivity (Wildman–Crippen MR) is 80.5 cm³/mol. The number of nitrogens with one attached hydrogen (secondary N) is 2. The Hall–Kier alpha value is -1.52. The Morgan fingerprint density at radius 2 is 2.30 bits per heavy atom. The number of nitrogens with two attached hydrogens (primary N) is 1. The van der Waals surface area contributed by atoms with Crippen LogP contribution in [0.25, 0.3) is 0 Å². The van der Waals surface area contributed by atoms with Gasteiger partial charge in [-0.3, -0.25) is 9.89 Å². The minimum atomic E-state index is -0.153. The maximum Gasteiger partial charge on any atom is 0.273 e. The summed E-state index contributed by atoms with van der Waals surface area (Å²) in [5, 5.41) is 9.90. The van der Waals surface area contributed by atoms with Gasteiger partial charge in [-0.15, -0.1) is 0 Å². The van der Waals surface area contributed by atoms with Gasteiger partial charge in [0.15, 0.2) is 5.69 Å². The standard InChI is InChI=1S/C15H26N4O/c1-3-5-12-13(16)14(19-18-12)15(20)17-9-11-7-4-6-10(2)8-11/h10-11H,3-9,16H2,1-2H3,(H,17,20)(H,18,19). The van der Waals surface area contributed by atoms with Gasteiger partial charge in [-0.25, -0.2) is 0 Å². The number of carbonyl (C=O) groups is 1. The molecule has 0 bridgehead atoms. The van der Waals surface area contributed by atoms with Crippen LogP contribution >= 0.6 is 0 Å². The monoisotopic (exact) mass is 278 g/mol. The normalized spacial score (nSPS) is 22.7. The van der Waals surface area contributed by atoms with E-state index in [9.17, 15) is 4.79 Å². The number of aromatic amines is 1. The minimum Gasteiger partial charge on any atom is -0.395 e. The number of aromatic nitrogens is 2. The fourth-order valence-corrected chi connectivity index (χ4v) is 3.07. The number of anilines is 1. The van der Waals surface area contributed by atoms with E-state index in [-0.39, 0.29) is 5.91 Å². The fourth-order valence-electron chi connectivity index (χ4n) is 3.07. The van der Waals surface area contributed by atoms with Crippen LogP contribution < -0.4 is 11.1 Å². The highest BCUT2D eigenvalue weighted by Gasteiger charge is 2.21. The van der Waals surface area contributed by atoms with Crippen molar-refractivity contribution < 1.29 is 4.79 Å². The summed E-state index contributed by atoms with van der Waals surface area (Å²) in [5.74, 6) is 1.22. The van der Waals surface area contributed by atoms with Gasteiger partial charge in [0.1, 0.15) is 0 Å². The van der Waals surface area contributed by atoms with Gasteiger partial charge in [-0.2, -0.15) is 5.10 Å². The number of aryl methyl sites for hydroxylation is 1. The van der Waals surface area contributed by atoms with Crippen LogP contribution in [0.3, 0.4) is 0 Å². The van der Waals surface area contributed by atoms with Crippen molar-refractivity contribution in [3.8, 4) is 0 Å². The van der Waals surface area contributed by atoms with Gasteiger partial charge in [0.2, 0.25) is 0 Å². The van der Waals surface area contributed by atoms with Gasteiger partial charge >= 0.3 is 0 Å². The lowest BCUT2D eigenvalue weighted by atomic mass is 9.82. The zero-order chi connectivity index (χ0) is 14.5. The zero-order valence-corrected chi connectivity index (χ0v) is 12.5. The lowest BCUT2D eigenvalue weighted by Gasteiger charge is -2.26. The zero-order valence-electron chi connectivity index (χ0n) is 12.5. The predicted octanol–water partition coefficient (Wildman–Crippen LogP) is 2.50. The Morgan fingerprint density at radius 1 is 1.50 bits per heavy atom. The van der Waals surface area contributed by atoms with Crippen LogP contribution in [-0.2, 0) is 6.42 Å². The summed E-state index contributed by atoms with van der Waals surface area (Å²) in [6, 6.07) is 0. The van der Waals surface area contributed by atoms with Gasteiger partial charge in [-0.1, -0.05) is 33.1 Å². The first-order valence-electron chi connectivity index (χ1n) is 7.72. The summed E-state index contributed by atoms with van der Waals surface area (Å²) in [7, 11) is 0. The lowest BCUT2D eigenvalue weighted by molar-refractivity contribution is 0.0936. The molecule has 112 valence electrons. The van der Waals surface area contributed by atoms with Crippen LogP contribution in [0.1, 0.15) is 62.1 Å². The third-order valence-electron chi connectivity index (χ3n) is 4.19. The quantitative estimate of drug-likeness (QED) is 0.773. The molecular formula is C15H26N4O. The molecule has 1 aromatic heterocycles. The van der Waals surface area contributed by atoms with E-state index >= 15 is 0 Å². The largest absolute Gasteiger partial charge is 0.395 e. The molecule has 1 heterocycles. The molecule has 0 radical (unpaired) electrons. The average Bonchev–Trinajstić information content (AvgIpc) is 2.78. The molecule has 2 atom stereocenters. The summed E-state index contributed by atoms with van der Waals surface area (Å²) < 4.78 is 0. The van der Waals surface area contributed by atoms with E-state index < -0.39 is 0 Å². The Kier molecular flexibility index (Phi) is 5.04. The highest BCUT2D eigenvalue weighted by atomic mass is 16.1. The van der Waals surface area contributed by atoms with E-state index in [1.165, 1.54) is 25.7 Å². The Labute approximate surface area is 120 Å². The maximum atomic E-state index is 12.1. The van der Waals surface area contributed by atoms with E-state index in [2.05, 4.69) is 29.4 Å². The van der Waals surface area contributed by atoms with Crippen LogP contribution in [0.5, 0.6) is 0 Å². The van der Waals surface area contributed by atoms with Crippen molar-refractivity contribution >= 4 is 11.6 Å². The smallest absolute Gasteiger partial charge is 0.273 e. The second kappa shape index (κ2) is 6.77. The van der Waals surface area contributed by atoms with Crippen molar-refractivity contribution in [1.82, 2.24) is 15.5 Å². The second-order valence-electron chi connectivity index (χ2n) is 6.06. The minimum absolute atomic E-state index is 0.153. The van der Waals surface area contributed by atoms with Crippen molar-refractivity contribution in [3.05, 3.63) is 11.4 Å². The molecule has 0 aromatic carbocycles. The molecule has 1 aliphatic carbocycles. The van der Waals surface area contributed by atoms with E-state index in [0.717, 1.165) is 31.0 Å². The molecule has 5 nitrogen and oxygen atoms in total. The van der Waals surface area contributed by atoms with Crippen molar-refractivity contribution in [2.24, 2.45) is 11.8 Å². The number of H-pyrrole nitrogens is 1. The molecule has 0 aliphatic heterocycles. The maximum absolute atomic E-state index is 12.1. The second-order valence-corrected chi connectivity index (χ2v) is 6.06. The SMILES string of the molecule is CCCc1[nH]nc(C(=O)NCC2CCCC(C)C2)c1N. The topological polar surface area (TPSA) is 83.8 Å². The van der Waals surface area contributed by atoms with Crippen molar-refractivity contribution in [3.63, 3.8) is 0 Å². The lowest BCUT2D eigenvalue weighted by Crippen LogP contribution is -2.32. The van der Waals surface area contributed by atoms with Crippen LogP contribution in [0.2, 0.25) is 0 Å². The number of rotatable bonds is 5. The van der Waals surface area contributed by atoms with Crippen molar-refractivity contribution in [2.75, 3.05) is 12.3 Å². The average molecular weight is 278 g/mol. The van der Waals surface area contributed by atoms with Crippen molar-refractivity contribution in [2.45, 2.75) is 52.4 Å². The first-order chi connectivity index (χ1) is 9.61. The summed E-state index contributed by atoms with van der Waals surface area (Å²) >= 11 is 0. The molecule has 4 N–H and O–H groups in total. The number of hydrogen-bond acceptors (Lipinski definition) is 3. The van der Waals surface area contributed by atoms with Gasteiger partial charge < -0.3 is 11.1 Å². The van der Waals surface area contributed by atoms with E-state index in [1.807, 2.05) is 0 Å². The summed E-state index contributed by atoms with van der Waals surface area (Å²) in [6.45, 7) is 5.10. The van der Waals surface area contributed by atoms with Crippen LogP contribution in [0.15, 0.2) is 0 Å². The third-order valence-corrected chi connectivity index (χ3v) is 4.19. The van der Waals surface area contributed by atoms with Crippen LogP contribution in [0.4, 0.5) is 5.69 Å². The Morgan fingerprint density at radius 3 is 3.00 bits per heavy atom. The third kappa shape index (κ3) is 3.52. The first kappa shape index (κ1) is 14.9.